The zero-order valence-corrected chi connectivity index (χ0v) is 13.7. The summed E-state index contributed by atoms with van der Waals surface area (Å²) in [5.41, 5.74) is 0.187. The van der Waals surface area contributed by atoms with Crippen molar-refractivity contribution in [2.75, 3.05) is 6.54 Å². The first-order valence-electron chi connectivity index (χ1n) is 7.07. The fourth-order valence-electron chi connectivity index (χ4n) is 2.71. The molecule has 0 saturated heterocycles. The van der Waals surface area contributed by atoms with Gasteiger partial charge >= 0.3 is 0 Å². The zero-order valence-electron chi connectivity index (χ0n) is 11.4. The highest BCUT2D eigenvalue weighted by Crippen LogP contribution is 2.31. The molecular formula is C15H20Cl3NO. The maximum Gasteiger partial charge on any atom is 0.0771 e. The summed E-state index contributed by atoms with van der Waals surface area (Å²) < 4.78 is 0. The molecule has 0 aromatic heterocycles. The van der Waals surface area contributed by atoms with E-state index in [4.69, 9.17) is 34.8 Å². The van der Waals surface area contributed by atoms with Gasteiger partial charge in [0.1, 0.15) is 0 Å². The predicted octanol–water partition coefficient (Wildman–Crippen LogP) is 4.82. The number of aliphatic hydroxyl groups is 1. The first kappa shape index (κ1) is 16.4. The molecule has 2 rings (SSSR count). The van der Waals surface area contributed by atoms with E-state index in [-0.39, 0.29) is 0 Å². The van der Waals surface area contributed by atoms with Gasteiger partial charge in [0, 0.05) is 23.7 Å². The van der Waals surface area contributed by atoms with Gasteiger partial charge in [-0.3, -0.25) is 0 Å². The number of hydrogen-bond donors (Lipinski definition) is 2. The Morgan fingerprint density at radius 3 is 2.25 bits per heavy atom. The van der Waals surface area contributed by atoms with E-state index in [2.05, 4.69) is 5.32 Å². The number of rotatable bonds is 4. The number of halogens is 3. The van der Waals surface area contributed by atoms with Gasteiger partial charge in [-0.15, -0.1) is 0 Å². The minimum Gasteiger partial charge on any atom is -0.389 e. The van der Waals surface area contributed by atoms with E-state index in [0.717, 1.165) is 31.2 Å². The lowest BCUT2D eigenvalue weighted by Gasteiger charge is -2.27. The van der Waals surface area contributed by atoms with Gasteiger partial charge in [-0.05, 0) is 25.0 Å². The summed E-state index contributed by atoms with van der Waals surface area (Å²) in [5.74, 6) is 0. The summed E-state index contributed by atoms with van der Waals surface area (Å²) in [6.45, 7) is 1.08. The highest BCUT2D eigenvalue weighted by atomic mass is 35.5. The summed E-state index contributed by atoms with van der Waals surface area (Å²) in [6, 6.07) is 3.43. The van der Waals surface area contributed by atoms with Crippen LogP contribution in [0.25, 0.3) is 0 Å². The van der Waals surface area contributed by atoms with Gasteiger partial charge in [0.05, 0.1) is 15.6 Å². The molecule has 1 aromatic carbocycles. The second-order valence-electron chi connectivity index (χ2n) is 5.56. The number of benzene rings is 1. The van der Waals surface area contributed by atoms with Crippen LogP contribution in [0.5, 0.6) is 0 Å². The van der Waals surface area contributed by atoms with Crippen LogP contribution in [0, 0.1) is 0 Å². The third-order valence-corrected chi connectivity index (χ3v) is 5.13. The second-order valence-corrected chi connectivity index (χ2v) is 6.76. The molecule has 20 heavy (non-hydrogen) atoms. The summed E-state index contributed by atoms with van der Waals surface area (Å²) >= 11 is 18.3. The fraction of sp³-hybridized carbons (Fsp3) is 0.600. The second kappa shape index (κ2) is 7.33. The Morgan fingerprint density at radius 1 is 1.00 bits per heavy atom. The Labute approximate surface area is 135 Å². The van der Waals surface area contributed by atoms with Crippen LogP contribution < -0.4 is 5.32 Å². The van der Waals surface area contributed by atoms with E-state index in [9.17, 15) is 5.11 Å². The monoisotopic (exact) mass is 335 g/mol. The molecule has 0 amide bonds. The molecule has 0 spiro atoms. The molecule has 2 N–H and O–H groups in total. The molecule has 1 aromatic rings. The molecule has 0 bridgehead atoms. The normalized spacial score (nSPS) is 18.8. The third kappa shape index (κ3) is 4.25. The van der Waals surface area contributed by atoms with Gasteiger partial charge in [0.2, 0.25) is 0 Å². The van der Waals surface area contributed by atoms with Crippen molar-refractivity contribution in [1.29, 1.82) is 0 Å². The fourth-order valence-corrected chi connectivity index (χ4v) is 3.40. The SMILES string of the molecule is OC1(CNCc2c(Cl)ccc(Cl)c2Cl)CCCCCC1. The highest BCUT2D eigenvalue weighted by molar-refractivity contribution is 6.44. The van der Waals surface area contributed by atoms with Crippen LogP contribution in [-0.4, -0.2) is 17.3 Å². The molecule has 0 unspecified atom stereocenters. The Balaban J connectivity index is 1.94. The molecule has 1 saturated carbocycles. The van der Waals surface area contributed by atoms with E-state index in [1.54, 1.807) is 12.1 Å². The van der Waals surface area contributed by atoms with Crippen molar-refractivity contribution in [1.82, 2.24) is 5.32 Å². The Morgan fingerprint density at radius 2 is 1.60 bits per heavy atom. The maximum absolute atomic E-state index is 10.6. The van der Waals surface area contributed by atoms with Crippen LogP contribution >= 0.6 is 34.8 Å². The molecule has 0 atom stereocenters. The lowest BCUT2D eigenvalue weighted by atomic mass is 9.94. The number of nitrogens with one attached hydrogen (secondary N) is 1. The molecular weight excluding hydrogens is 317 g/mol. The van der Waals surface area contributed by atoms with Gasteiger partial charge in [0.15, 0.2) is 0 Å². The molecule has 0 aliphatic heterocycles. The Bertz CT molecular complexity index is 457. The molecule has 112 valence electrons. The van der Waals surface area contributed by atoms with E-state index in [1.807, 2.05) is 0 Å². The average Bonchev–Trinajstić information content (AvgIpc) is 2.63. The van der Waals surface area contributed by atoms with Crippen molar-refractivity contribution in [3.05, 3.63) is 32.8 Å². The van der Waals surface area contributed by atoms with Gasteiger partial charge in [-0.1, -0.05) is 60.5 Å². The van der Waals surface area contributed by atoms with Crippen molar-refractivity contribution in [3.8, 4) is 0 Å². The quantitative estimate of drug-likeness (QED) is 0.610. The van der Waals surface area contributed by atoms with Gasteiger partial charge in [-0.25, -0.2) is 0 Å². The van der Waals surface area contributed by atoms with Gasteiger partial charge < -0.3 is 10.4 Å². The molecule has 5 heteroatoms. The van der Waals surface area contributed by atoms with Gasteiger partial charge in [-0.2, -0.15) is 0 Å². The standard InChI is InChI=1S/C15H20Cl3NO/c16-12-5-6-13(17)14(18)11(12)9-19-10-15(20)7-3-1-2-4-8-15/h5-6,19-20H,1-4,7-10H2. The molecule has 2 nitrogen and oxygen atoms in total. The van der Waals surface area contributed by atoms with E-state index in [0.29, 0.717) is 28.2 Å². The van der Waals surface area contributed by atoms with Crippen molar-refractivity contribution >= 4 is 34.8 Å². The van der Waals surface area contributed by atoms with Crippen LogP contribution in [-0.2, 0) is 6.54 Å². The van der Waals surface area contributed by atoms with E-state index in [1.165, 1.54) is 12.8 Å². The van der Waals surface area contributed by atoms with Crippen LogP contribution in [0.15, 0.2) is 12.1 Å². The topological polar surface area (TPSA) is 32.3 Å². The highest BCUT2D eigenvalue weighted by Gasteiger charge is 2.27. The van der Waals surface area contributed by atoms with Crippen molar-refractivity contribution < 1.29 is 5.11 Å². The first-order chi connectivity index (χ1) is 9.52. The average molecular weight is 337 g/mol. The summed E-state index contributed by atoms with van der Waals surface area (Å²) in [5, 5.41) is 15.4. The Hall–Kier alpha value is 0.01000. The van der Waals surface area contributed by atoms with Crippen molar-refractivity contribution in [2.45, 2.75) is 50.7 Å². The number of hydrogen-bond acceptors (Lipinski definition) is 2. The van der Waals surface area contributed by atoms with Crippen LogP contribution in [0.3, 0.4) is 0 Å². The summed E-state index contributed by atoms with van der Waals surface area (Å²) in [4.78, 5) is 0. The maximum atomic E-state index is 10.6. The smallest absolute Gasteiger partial charge is 0.0771 e. The molecule has 1 aliphatic carbocycles. The summed E-state index contributed by atoms with van der Waals surface area (Å²) in [6.07, 6.45) is 6.34. The lowest BCUT2D eigenvalue weighted by Crippen LogP contribution is -2.40. The zero-order chi connectivity index (χ0) is 14.6. The van der Waals surface area contributed by atoms with Crippen LogP contribution in [0.4, 0.5) is 0 Å². The largest absolute Gasteiger partial charge is 0.389 e. The molecule has 1 fully saturated rings. The first-order valence-corrected chi connectivity index (χ1v) is 8.21. The van der Waals surface area contributed by atoms with Crippen molar-refractivity contribution in [2.24, 2.45) is 0 Å². The lowest BCUT2D eigenvalue weighted by molar-refractivity contribution is 0.0250. The van der Waals surface area contributed by atoms with Crippen LogP contribution in [0.1, 0.15) is 44.1 Å². The molecule has 1 aliphatic rings. The third-order valence-electron chi connectivity index (χ3n) is 3.93. The van der Waals surface area contributed by atoms with Crippen molar-refractivity contribution in [3.63, 3.8) is 0 Å². The summed E-state index contributed by atoms with van der Waals surface area (Å²) in [7, 11) is 0. The van der Waals surface area contributed by atoms with E-state index < -0.39 is 5.60 Å². The minimum atomic E-state index is -0.603. The molecule has 0 heterocycles. The minimum absolute atomic E-state index is 0.486. The van der Waals surface area contributed by atoms with Gasteiger partial charge in [0.25, 0.3) is 0 Å². The van der Waals surface area contributed by atoms with Crippen LogP contribution in [0.2, 0.25) is 15.1 Å². The predicted molar refractivity (Wildman–Crippen MR) is 85.8 cm³/mol. The molecule has 0 radical (unpaired) electrons. The van der Waals surface area contributed by atoms with E-state index >= 15 is 0 Å². The Kier molecular flexibility index (Phi) is 6.00.